The van der Waals surface area contributed by atoms with Gasteiger partial charge in [-0.1, -0.05) is 0 Å². The van der Waals surface area contributed by atoms with Gasteiger partial charge in [-0.05, 0) is 37.1 Å². The zero-order valence-corrected chi connectivity index (χ0v) is 15.8. The summed E-state index contributed by atoms with van der Waals surface area (Å²) in [6, 6.07) is 7.20. The summed E-state index contributed by atoms with van der Waals surface area (Å²) in [6.45, 7) is 1.11. The van der Waals surface area contributed by atoms with Gasteiger partial charge in [0.25, 0.3) is 5.91 Å². The SMILES string of the molecule is COc1ccc2oc(C(=O)N3CCCC(Oc4cncc(OC)n4)C3)cc2c1. The third kappa shape index (κ3) is 3.71. The molecule has 0 bridgehead atoms. The fourth-order valence-electron chi connectivity index (χ4n) is 3.29. The van der Waals surface area contributed by atoms with Crippen LogP contribution in [0.4, 0.5) is 0 Å². The highest BCUT2D eigenvalue weighted by atomic mass is 16.5. The number of hydrogen-bond donors (Lipinski definition) is 0. The second kappa shape index (κ2) is 7.75. The van der Waals surface area contributed by atoms with Gasteiger partial charge in [0.1, 0.15) is 17.4 Å². The van der Waals surface area contributed by atoms with Crippen LogP contribution in [0.15, 0.2) is 41.1 Å². The van der Waals surface area contributed by atoms with Crippen LogP contribution in [0.3, 0.4) is 0 Å². The zero-order valence-electron chi connectivity index (χ0n) is 15.8. The van der Waals surface area contributed by atoms with Crippen molar-refractivity contribution in [2.45, 2.75) is 18.9 Å². The van der Waals surface area contributed by atoms with E-state index in [1.54, 1.807) is 30.2 Å². The fraction of sp³-hybridized carbons (Fsp3) is 0.350. The normalized spacial score (nSPS) is 16.8. The number of rotatable bonds is 5. The lowest BCUT2D eigenvalue weighted by Gasteiger charge is -2.32. The van der Waals surface area contributed by atoms with Gasteiger partial charge in [-0.25, -0.2) is 0 Å². The number of furan rings is 1. The van der Waals surface area contributed by atoms with Crippen molar-refractivity contribution in [3.63, 3.8) is 0 Å². The Balaban J connectivity index is 1.47. The molecule has 1 aliphatic rings. The van der Waals surface area contributed by atoms with E-state index in [-0.39, 0.29) is 12.0 Å². The Morgan fingerprint density at radius 2 is 2.04 bits per heavy atom. The average Bonchev–Trinajstić information content (AvgIpc) is 3.16. The Hall–Kier alpha value is -3.29. The van der Waals surface area contributed by atoms with Crippen LogP contribution >= 0.6 is 0 Å². The lowest BCUT2D eigenvalue weighted by atomic mass is 10.1. The van der Waals surface area contributed by atoms with Crippen LogP contribution in [0.5, 0.6) is 17.5 Å². The fourth-order valence-corrected chi connectivity index (χ4v) is 3.29. The zero-order chi connectivity index (χ0) is 19.5. The molecule has 3 heterocycles. The smallest absolute Gasteiger partial charge is 0.289 e. The topological polar surface area (TPSA) is 86.9 Å². The van der Waals surface area contributed by atoms with Gasteiger partial charge in [0, 0.05) is 11.9 Å². The summed E-state index contributed by atoms with van der Waals surface area (Å²) in [5, 5.41) is 0.833. The van der Waals surface area contributed by atoms with Gasteiger partial charge in [0.15, 0.2) is 5.76 Å². The first kappa shape index (κ1) is 18.1. The molecule has 2 aromatic heterocycles. The Bertz CT molecular complexity index is 987. The van der Waals surface area contributed by atoms with Crippen molar-refractivity contribution < 1.29 is 23.4 Å². The number of likely N-dealkylation sites (tertiary alicyclic amines) is 1. The van der Waals surface area contributed by atoms with Crippen molar-refractivity contribution in [1.82, 2.24) is 14.9 Å². The number of aromatic nitrogens is 2. The van der Waals surface area contributed by atoms with Gasteiger partial charge < -0.3 is 23.5 Å². The van der Waals surface area contributed by atoms with E-state index >= 15 is 0 Å². The minimum absolute atomic E-state index is 0.153. The minimum atomic E-state index is -0.163. The van der Waals surface area contributed by atoms with E-state index in [1.807, 2.05) is 6.07 Å². The second-order valence-corrected chi connectivity index (χ2v) is 6.55. The number of carbonyl (C=O) groups is 1. The van der Waals surface area contributed by atoms with Crippen LogP contribution in [-0.4, -0.2) is 54.2 Å². The highest BCUT2D eigenvalue weighted by Gasteiger charge is 2.28. The maximum absolute atomic E-state index is 12.9. The largest absolute Gasteiger partial charge is 0.497 e. The van der Waals surface area contributed by atoms with Gasteiger partial charge in [0.05, 0.1) is 33.2 Å². The van der Waals surface area contributed by atoms with Crippen LogP contribution in [-0.2, 0) is 0 Å². The number of benzene rings is 1. The molecule has 1 atom stereocenters. The van der Waals surface area contributed by atoms with E-state index in [4.69, 9.17) is 18.6 Å². The van der Waals surface area contributed by atoms with E-state index in [2.05, 4.69) is 9.97 Å². The molecule has 8 nitrogen and oxygen atoms in total. The molecule has 0 N–H and O–H groups in total. The number of fused-ring (bicyclic) bond motifs is 1. The second-order valence-electron chi connectivity index (χ2n) is 6.55. The van der Waals surface area contributed by atoms with E-state index in [0.29, 0.717) is 36.2 Å². The predicted octanol–water partition coefficient (Wildman–Crippen LogP) is 2.92. The number of methoxy groups -OCH3 is 2. The van der Waals surface area contributed by atoms with Crippen molar-refractivity contribution in [2.75, 3.05) is 27.3 Å². The molecule has 0 saturated carbocycles. The van der Waals surface area contributed by atoms with Gasteiger partial charge in [0.2, 0.25) is 11.8 Å². The molecule has 3 aromatic rings. The Labute approximate surface area is 162 Å². The Kier molecular flexibility index (Phi) is 5.01. The van der Waals surface area contributed by atoms with E-state index < -0.39 is 0 Å². The van der Waals surface area contributed by atoms with Crippen molar-refractivity contribution in [3.05, 3.63) is 42.4 Å². The van der Waals surface area contributed by atoms with Gasteiger partial charge in [-0.2, -0.15) is 4.98 Å². The molecule has 1 amide bonds. The molecule has 28 heavy (non-hydrogen) atoms. The molecule has 0 aliphatic carbocycles. The lowest BCUT2D eigenvalue weighted by Crippen LogP contribution is -2.44. The maximum atomic E-state index is 12.9. The highest BCUT2D eigenvalue weighted by molar-refractivity contribution is 5.96. The summed E-state index contributed by atoms with van der Waals surface area (Å²) in [5.74, 6) is 1.65. The quantitative estimate of drug-likeness (QED) is 0.669. The van der Waals surface area contributed by atoms with E-state index in [0.717, 1.165) is 24.0 Å². The van der Waals surface area contributed by atoms with Crippen LogP contribution in [0, 0.1) is 0 Å². The summed E-state index contributed by atoms with van der Waals surface area (Å²) < 4.78 is 21.9. The first-order chi connectivity index (χ1) is 13.7. The molecule has 0 radical (unpaired) electrons. The first-order valence-electron chi connectivity index (χ1n) is 9.06. The molecule has 146 valence electrons. The highest BCUT2D eigenvalue weighted by Crippen LogP contribution is 2.26. The molecule has 0 spiro atoms. The summed E-state index contributed by atoms with van der Waals surface area (Å²) in [7, 11) is 3.13. The number of piperidine rings is 1. The van der Waals surface area contributed by atoms with Crippen molar-refractivity contribution >= 4 is 16.9 Å². The van der Waals surface area contributed by atoms with Crippen LogP contribution in [0.1, 0.15) is 23.4 Å². The summed E-state index contributed by atoms with van der Waals surface area (Å²) in [6.07, 6.45) is 4.56. The Morgan fingerprint density at radius 3 is 2.86 bits per heavy atom. The summed E-state index contributed by atoms with van der Waals surface area (Å²) in [5.41, 5.74) is 0.653. The van der Waals surface area contributed by atoms with E-state index in [9.17, 15) is 4.79 Å². The Morgan fingerprint density at radius 1 is 1.18 bits per heavy atom. The molecule has 4 rings (SSSR count). The minimum Gasteiger partial charge on any atom is -0.497 e. The standard InChI is InChI=1S/C20H21N3O5/c1-25-14-5-6-16-13(8-14)9-17(28-16)20(24)23-7-3-4-15(12-23)27-19-11-21-10-18(22-19)26-2/h5-6,8-11,15H,3-4,7,12H2,1-2H3. The van der Waals surface area contributed by atoms with Gasteiger partial charge in [-0.15, -0.1) is 0 Å². The molecule has 1 aliphatic heterocycles. The van der Waals surface area contributed by atoms with Gasteiger partial charge >= 0.3 is 0 Å². The third-order valence-electron chi connectivity index (χ3n) is 4.69. The van der Waals surface area contributed by atoms with Crippen LogP contribution in [0.25, 0.3) is 11.0 Å². The number of hydrogen-bond acceptors (Lipinski definition) is 7. The van der Waals surface area contributed by atoms with Crippen molar-refractivity contribution in [1.29, 1.82) is 0 Å². The summed E-state index contributed by atoms with van der Waals surface area (Å²) >= 11 is 0. The monoisotopic (exact) mass is 383 g/mol. The van der Waals surface area contributed by atoms with Crippen molar-refractivity contribution in [3.8, 4) is 17.5 Å². The molecular weight excluding hydrogens is 362 g/mol. The molecule has 1 aromatic carbocycles. The van der Waals surface area contributed by atoms with Crippen LogP contribution < -0.4 is 14.2 Å². The number of amides is 1. The van der Waals surface area contributed by atoms with E-state index in [1.165, 1.54) is 19.5 Å². The number of ether oxygens (including phenoxy) is 3. The molecule has 1 unspecified atom stereocenters. The molecule has 1 fully saturated rings. The maximum Gasteiger partial charge on any atom is 0.289 e. The first-order valence-corrected chi connectivity index (χ1v) is 9.06. The average molecular weight is 383 g/mol. The molecule has 1 saturated heterocycles. The number of carbonyl (C=O) groups excluding carboxylic acids is 1. The van der Waals surface area contributed by atoms with Crippen molar-refractivity contribution in [2.24, 2.45) is 0 Å². The molecular formula is C20H21N3O5. The predicted molar refractivity (Wildman–Crippen MR) is 101 cm³/mol. The number of nitrogens with zero attached hydrogens (tertiary/aromatic N) is 3. The lowest BCUT2D eigenvalue weighted by molar-refractivity contribution is 0.0500. The molecule has 8 heteroatoms. The van der Waals surface area contributed by atoms with Gasteiger partial charge in [-0.3, -0.25) is 9.78 Å². The van der Waals surface area contributed by atoms with Crippen LogP contribution in [0.2, 0.25) is 0 Å². The summed E-state index contributed by atoms with van der Waals surface area (Å²) in [4.78, 5) is 22.9. The third-order valence-corrected chi connectivity index (χ3v) is 4.69.